The molecule has 1 fully saturated rings. The minimum atomic E-state index is -3.48. The summed E-state index contributed by atoms with van der Waals surface area (Å²) in [6.45, 7) is -1.66. The Morgan fingerprint density at radius 1 is 1.64 bits per heavy atom. The number of nitrogens with two attached hydrogens (primary N) is 1. The Morgan fingerprint density at radius 3 is 2.86 bits per heavy atom. The highest BCUT2D eigenvalue weighted by Crippen LogP contribution is 2.48. The smallest absolute Gasteiger partial charge is 0.351 e. The van der Waals surface area contributed by atoms with E-state index in [1.165, 1.54) is 19.4 Å². The van der Waals surface area contributed by atoms with Crippen LogP contribution in [0.25, 0.3) is 0 Å². The first-order chi connectivity index (χ1) is 10.3. The van der Waals surface area contributed by atoms with E-state index in [9.17, 15) is 14.8 Å². The fourth-order valence-electron chi connectivity index (χ4n) is 2.22. The first-order valence-corrected chi connectivity index (χ1v) is 9.13. The van der Waals surface area contributed by atoms with E-state index in [-0.39, 0.29) is 5.82 Å². The lowest BCUT2D eigenvalue weighted by Crippen LogP contribution is -2.36. The lowest BCUT2D eigenvalue weighted by molar-refractivity contribution is -0.0403. The normalized spacial score (nSPS) is 31.1. The Bertz CT molecular complexity index is 640. The van der Waals surface area contributed by atoms with Crippen molar-refractivity contribution in [2.45, 2.75) is 37.9 Å². The molecule has 1 saturated heterocycles. The number of hydrogen-bond acceptors (Lipinski definition) is 8. The van der Waals surface area contributed by atoms with Crippen molar-refractivity contribution < 1.29 is 23.8 Å². The Kier molecular flexibility index (Phi) is 5.33. The fraction of sp³-hybridized carbons (Fsp3) is 0.636. The van der Waals surface area contributed by atoms with E-state index >= 15 is 0 Å². The van der Waals surface area contributed by atoms with Gasteiger partial charge >= 0.3 is 12.4 Å². The molecule has 1 aromatic heterocycles. The first-order valence-electron chi connectivity index (χ1n) is 6.54. The highest BCUT2D eigenvalue weighted by molar-refractivity contribution is 8.07. The van der Waals surface area contributed by atoms with Gasteiger partial charge in [-0.2, -0.15) is 4.98 Å². The predicted molar refractivity (Wildman–Crippen MR) is 81.5 cm³/mol. The van der Waals surface area contributed by atoms with Gasteiger partial charge in [0.15, 0.2) is 6.23 Å². The van der Waals surface area contributed by atoms with Crippen LogP contribution in [0.3, 0.4) is 0 Å². The molecule has 9 nitrogen and oxygen atoms in total. The molecular formula is C11H18N3O6PS. The molecule has 22 heavy (non-hydrogen) atoms. The molecule has 124 valence electrons. The maximum atomic E-state index is 11.9. The Morgan fingerprint density at radius 2 is 2.32 bits per heavy atom. The Hall–Kier alpha value is -0.870. The maximum Gasteiger partial charge on any atom is 0.351 e. The molecule has 4 N–H and O–H groups in total. The third kappa shape index (κ3) is 3.54. The van der Waals surface area contributed by atoms with Crippen LogP contribution in [0.1, 0.15) is 19.6 Å². The number of aromatic nitrogens is 2. The molecule has 1 aliphatic rings. The second kappa shape index (κ2) is 6.71. The largest absolute Gasteiger partial charge is 0.386 e. The van der Waals surface area contributed by atoms with Crippen LogP contribution in [0.15, 0.2) is 17.1 Å². The average molecular weight is 351 g/mol. The number of aliphatic hydroxyl groups excluding tert-OH is 1. The highest BCUT2D eigenvalue weighted by Gasteiger charge is 2.47. The monoisotopic (exact) mass is 351 g/mol. The zero-order chi connectivity index (χ0) is 16.5. The summed E-state index contributed by atoms with van der Waals surface area (Å²) in [6.07, 6.45) is -1.86. The van der Waals surface area contributed by atoms with Crippen LogP contribution >= 0.6 is 6.72 Å². The number of anilines is 1. The lowest BCUT2D eigenvalue weighted by Gasteiger charge is -2.23. The van der Waals surface area contributed by atoms with E-state index in [1.54, 1.807) is 0 Å². The van der Waals surface area contributed by atoms with Crippen molar-refractivity contribution in [1.29, 1.82) is 0 Å². The van der Waals surface area contributed by atoms with Gasteiger partial charge in [0, 0.05) is 13.3 Å². The summed E-state index contributed by atoms with van der Waals surface area (Å²) in [6, 6.07) is 1.41. The highest BCUT2D eigenvalue weighted by atomic mass is 32.5. The van der Waals surface area contributed by atoms with E-state index in [4.69, 9.17) is 31.3 Å². The van der Waals surface area contributed by atoms with Crippen LogP contribution in [0, 0.1) is 0 Å². The molecule has 2 rings (SSSR count). The molecule has 0 amide bonds. The van der Waals surface area contributed by atoms with Gasteiger partial charge in [0.05, 0.1) is 6.10 Å². The number of ether oxygens (including phenoxy) is 1. The third-order valence-corrected chi connectivity index (χ3v) is 5.00. The van der Waals surface area contributed by atoms with Gasteiger partial charge in [-0.15, -0.1) is 0 Å². The summed E-state index contributed by atoms with van der Waals surface area (Å²) in [7, 11) is 1.22. The molecule has 3 unspecified atom stereocenters. The summed E-state index contributed by atoms with van der Waals surface area (Å²) >= 11 is 4.79. The molecule has 11 heteroatoms. The van der Waals surface area contributed by atoms with E-state index in [1.807, 2.05) is 6.92 Å². The van der Waals surface area contributed by atoms with Gasteiger partial charge in [-0.3, -0.25) is 9.09 Å². The predicted octanol–water partition coefficient (Wildman–Crippen LogP) is -0.258. The zero-order valence-corrected chi connectivity index (χ0v) is 13.7. The summed E-state index contributed by atoms with van der Waals surface area (Å²) < 4.78 is 16.8. The SMILES string of the molecule is CC[C@H]1O[C@@H](n2ccc(N)nc2=O)C(O)C1OP(O)(=S)OC. The topological polar surface area (TPSA) is 129 Å². The summed E-state index contributed by atoms with van der Waals surface area (Å²) in [5.41, 5.74) is 4.77. The van der Waals surface area contributed by atoms with Crippen molar-refractivity contribution in [1.82, 2.24) is 9.55 Å². The van der Waals surface area contributed by atoms with Gasteiger partial charge in [-0.25, -0.2) is 4.79 Å². The number of hydrogen-bond donors (Lipinski definition) is 3. The molecule has 0 aromatic carbocycles. The average Bonchev–Trinajstić information content (AvgIpc) is 2.76. The van der Waals surface area contributed by atoms with E-state index < -0.39 is 36.9 Å². The van der Waals surface area contributed by atoms with Crippen molar-refractivity contribution in [3.05, 3.63) is 22.7 Å². The van der Waals surface area contributed by atoms with Gasteiger partial charge in [0.25, 0.3) is 0 Å². The Labute approximate surface area is 131 Å². The van der Waals surface area contributed by atoms with Crippen LogP contribution in [0.5, 0.6) is 0 Å². The van der Waals surface area contributed by atoms with Gasteiger partial charge in [0.2, 0.25) is 0 Å². The minimum Gasteiger partial charge on any atom is -0.386 e. The molecule has 0 aliphatic carbocycles. The molecule has 1 aliphatic heterocycles. The molecule has 5 atom stereocenters. The van der Waals surface area contributed by atoms with Crippen LogP contribution in [0.4, 0.5) is 5.82 Å². The van der Waals surface area contributed by atoms with Crippen molar-refractivity contribution in [2.75, 3.05) is 12.8 Å². The molecular weight excluding hydrogens is 333 g/mol. The molecule has 0 saturated carbocycles. The van der Waals surface area contributed by atoms with Crippen molar-refractivity contribution in [3.8, 4) is 0 Å². The van der Waals surface area contributed by atoms with Crippen molar-refractivity contribution >= 4 is 24.3 Å². The number of nitrogens with zero attached hydrogens (tertiary/aromatic N) is 2. The second-order valence-electron chi connectivity index (χ2n) is 4.73. The van der Waals surface area contributed by atoms with Crippen molar-refractivity contribution in [2.24, 2.45) is 0 Å². The van der Waals surface area contributed by atoms with E-state index in [0.29, 0.717) is 6.42 Å². The molecule has 2 heterocycles. The molecule has 0 bridgehead atoms. The van der Waals surface area contributed by atoms with Gasteiger partial charge in [-0.05, 0) is 24.3 Å². The van der Waals surface area contributed by atoms with E-state index in [0.717, 1.165) is 4.57 Å². The summed E-state index contributed by atoms with van der Waals surface area (Å²) in [5.74, 6) is 0.0684. The third-order valence-electron chi connectivity index (χ3n) is 3.32. The second-order valence-corrected chi connectivity index (χ2v) is 7.62. The van der Waals surface area contributed by atoms with Crippen LogP contribution in [0.2, 0.25) is 0 Å². The quantitative estimate of drug-likeness (QED) is 0.614. The van der Waals surface area contributed by atoms with Gasteiger partial charge in [-0.1, -0.05) is 6.92 Å². The van der Waals surface area contributed by atoms with Gasteiger partial charge < -0.3 is 25.0 Å². The molecule has 0 radical (unpaired) electrons. The van der Waals surface area contributed by atoms with Crippen molar-refractivity contribution in [3.63, 3.8) is 0 Å². The summed E-state index contributed by atoms with van der Waals surface area (Å²) in [5, 5.41) is 10.4. The number of aliphatic hydroxyl groups is 1. The molecule has 0 spiro atoms. The van der Waals surface area contributed by atoms with E-state index in [2.05, 4.69) is 4.98 Å². The summed E-state index contributed by atoms with van der Waals surface area (Å²) in [4.78, 5) is 25.2. The standard InChI is InChI=1S/C11H18N3O6PS/c1-3-6-9(20-21(17,22)18-2)8(15)10(19-6)14-5-4-7(12)13-11(14)16/h4-6,8-10,15H,3H2,1-2H3,(H,17,22)(H2,12,13,16)/t6-,8?,9?,10-,21?/m1/s1. The number of rotatable bonds is 5. The van der Waals surface area contributed by atoms with Gasteiger partial charge in [0.1, 0.15) is 18.0 Å². The molecule has 1 aromatic rings. The fourth-order valence-corrected chi connectivity index (χ4v) is 3.18. The van der Waals surface area contributed by atoms with Crippen LogP contribution < -0.4 is 11.4 Å². The minimum absolute atomic E-state index is 0.0684. The Balaban J connectivity index is 2.29. The lowest BCUT2D eigenvalue weighted by atomic mass is 10.1. The van der Waals surface area contributed by atoms with Crippen LogP contribution in [-0.4, -0.2) is 45.0 Å². The van der Waals surface area contributed by atoms with Crippen LogP contribution in [-0.2, 0) is 25.6 Å². The zero-order valence-electron chi connectivity index (χ0n) is 12.0. The maximum absolute atomic E-state index is 11.9. The first kappa shape index (κ1) is 17.5. The number of nitrogen functional groups attached to an aromatic ring is 1.